The number of thiazole rings is 1. The Labute approximate surface area is 84.3 Å². The summed E-state index contributed by atoms with van der Waals surface area (Å²) < 4.78 is 0.977. The smallest absolute Gasteiger partial charge is 0.338 e. The minimum atomic E-state index is -1.02. The van der Waals surface area contributed by atoms with Crippen LogP contribution in [0.1, 0.15) is 5.01 Å². The number of rotatable bonds is 2. The number of carboxylic acid groups (broad SMARTS) is 1. The summed E-state index contributed by atoms with van der Waals surface area (Å²) in [5.41, 5.74) is 0.862. The van der Waals surface area contributed by atoms with E-state index in [2.05, 4.69) is 11.6 Å². The fourth-order valence-corrected chi connectivity index (χ4v) is 2.02. The van der Waals surface area contributed by atoms with Crippen LogP contribution in [-0.2, 0) is 4.79 Å². The molecule has 1 N–H and O–H groups in total. The standard InChI is InChI=1S/C10H7NO2S/c1-6(10(12)13)9-11-7-4-2-3-5-8(7)14-9/h2-5H,1H2,(H,12,13). The van der Waals surface area contributed by atoms with Crippen molar-refractivity contribution in [2.45, 2.75) is 0 Å². The second kappa shape index (κ2) is 3.23. The Kier molecular flexibility index (Phi) is 2.05. The lowest BCUT2D eigenvalue weighted by molar-refractivity contribution is -0.130. The van der Waals surface area contributed by atoms with Crippen molar-refractivity contribution in [3.63, 3.8) is 0 Å². The average Bonchev–Trinajstić information content (AvgIpc) is 2.59. The number of aromatic nitrogens is 1. The van der Waals surface area contributed by atoms with E-state index in [-0.39, 0.29) is 5.57 Å². The second-order valence-electron chi connectivity index (χ2n) is 2.77. The highest BCUT2D eigenvalue weighted by molar-refractivity contribution is 7.19. The zero-order valence-corrected chi connectivity index (χ0v) is 8.04. The van der Waals surface area contributed by atoms with Crippen molar-refractivity contribution >= 4 is 33.1 Å². The highest BCUT2D eigenvalue weighted by atomic mass is 32.1. The Morgan fingerprint density at radius 2 is 2.14 bits per heavy atom. The van der Waals surface area contributed by atoms with Crippen LogP contribution in [0.2, 0.25) is 0 Å². The van der Waals surface area contributed by atoms with Crippen molar-refractivity contribution in [1.29, 1.82) is 0 Å². The molecule has 3 nitrogen and oxygen atoms in total. The van der Waals surface area contributed by atoms with Crippen molar-refractivity contribution < 1.29 is 9.90 Å². The molecule has 0 aliphatic heterocycles. The van der Waals surface area contributed by atoms with Crippen molar-refractivity contribution in [2.75, 3.05) is 0 Å². The minimum Gasteiger partial charge on any atom is -0.478 e. The number of para-hydroxylation sites is 1. The number of aliphatic carboxylic acids is 1. The van der Waals surface area contributed by atoms with Gasteiger partial charge in [0.05, 0.1) is 15.8 Å². The Morgan fingerprint density at radius 3 is 2.79 bits per heavy atom. The van der Waals surface area contributed by atoms with E-state index in [0.717, 1.165) is 10.2 Å². The average molecular weight is 205 g/mol. The molecule has 2 aromatic rings. The Morgan fingerprint density at radius 1 is 1.43 bits per heavy atom. The van der Waals surface area contributed by atoms with Gasteiger partial charge in [0.1, 0.15) is 5.01 Å². The van der Waals surface area contributed by atoms with Gasteiger partial charge in [0.25, 0.3) is 0 Å². The molecular weight excluding hydrogens is 198 g/mol. The normalized spacial score (nSPS) is 10.3. The summed E-state index contributed by atoms with van der Waals surface area (Å²) in [5.74, 6) is -1.02. The van der Waals surface area contributed by atoms with E-state index >= 15 is 0 Å². The van der Waals surface area contributed by atoms with Gasteiger partial charge in [-0.1, -0.05) is 18.7 Å². The number of fused-ring (bicyclic) bond motifs is 1. The SMILES string of the molecule is C=C(C(=O)O)c1nc2ccccc2s1. The first-order valence-electron chi connectivity index (χ1n) is 3.96. The maximum atomic E-state index is 10.6. The number of carboxylic acids is 1. The van der Waals surface area contributed by atoms with Gasteiger partial charge in [-0.25, -0.2) is 9.78 Å². The summed E-state index contributed by atoms with van der Waals surface area (Å²) >= 11 is 1.34. The molecule has 0 radical (unpaired) electrons. The molecule has 0 bridgehead atoms. The van der Waals surface area contributed by atoms with E-state index in [0.29, 0.717) is 5.01 Å². The van der Waals surface area contributed by atoms with E-state index in [1.165, 1.54) is 11.3 Å². The number of nitrogens with zero attached hydrogens (tertiary/aromatic N) is 1. The first kappa shape index (κ1) is 8.90. The molecule has 0 aliphatic rings. The Balaban J connectivity index is 2.55. The zero-order chi connectivity index (χ0) is 10.1. The van der Waals surface area contributed by atoms with Crippen LogP contribution in [0.4, 0.5) is 0 Å². The zero-order valence-electron chi connectivity index (χ0n) is 7.23. The molecule has 0 saturated carbocycles. The van der Waals surface area contributed by atoms with Gasteiger partial charge >= 0.3 is 5.97 Å². The van der Waals surface area contributed by atoms with Gasteiger partial charge in [0.2, 0.25) is 0 Å². The van der Waals surface area contributed by atoms with E-state index in [1.807, 2.05) is 24.3 Å². The van der Waals surface area contributed by atoms with E-state index in [9.17, 15) is 4.79 Å². The summed E-state index contributed by atoms with van der Waals surface area (Å²) in [5, 5.41) is 9.20. The van der Waals surface area contributed by atoms with E-state index in [1.54, 1.807) is 0 Å². The van der Waals surface area contributed by atoms with Gasteiger partial charge in [-0.3, -0.25) is 0 Å². The molecule has 0 atom stereocenters. The molecule has 0 aliphatic carbocycles. The number of hydrogen-bond donors (Lipinski definition) is 1. The van der Waals surface area contributed by atoms with Gasteiger partial charge < -0.3 is 5.11 Å². The molecule has 0 saturated heterocycles. The lowest BCUT2D eigenvalue weighted by Crippen LogP contribution is -1.96. The van der Waals surface area contributed by atoms with Crippen molar-refractivity contribution in [3.8, 4) is 0 Å². The van der Waals surface area contributed by atoms with Crippen LogP contribution in [-0.4, -0.2) is 16.1 Å². The molecule has 0 amide bonds. The van der Waals surface area contributed by atoms with Crippen LogP contribution in [0.25, 0.3) is 15.8 Å². The molecule has 0 fully saturated rings. The summed E-state index contributed by atoms with van der Waals surface area (Å²) in [6, 6.07) is 7.53. The first-order valence-corrected chi connectivity index (χ1v) is 4.78. The Hall–Kier alpha value is -1.68. The number of hydrogen-bond acceptors (Lipinski definition) is 3. The van der Waals surface area contributed by atoms with Crippen LogP contribution in [0.5, 0.6) is 0 Å². The van der Waals surface area contributed by atoms with Crippen molar-refractivity contribution in [1.82, 2.24) is 4.98 Å². The van der Waals surface area contributed by atoms with Crippen LogP contribution < -0.4 is 0 Å². The summed E-state index contributed by atoms with van der Waals surface area (Å²) in [6.07, 6.45) is 0. The summed E-state index contributed by atoms with van der Waals surface area (Å²) in [6.45, 7) is 3.47. The molecule has 1 aromatic heterocycles. The third-order valence-corrected chi connectivity index (χ3v) is 2.91. The first-order chi connectivity index (χ1) is 6.68. The minimum absolute atomic E-state index is 0.0474. The number of carbonyl (C=O) groups is 1. The molecule has 4 heteroatoms. The highest BCUT2D eigenvalue weighted by Crippen LogP contribution is 2.25. The van der Waals surface area contributed by atoms with Crippen LogP contribution in [0.3, 0.4) is 0 Å². The van der Waals surface area contributed by atoms with Gasteiger partial charge in [0, 0.05) is 0 Å². The molecular formula is C10H7NO2S. The molecule has 0 unspecified atom stereocenters. The second-order valence-corrected chi connectivity index (χ2v) is 3.80. The molecule has 0 spiro atoms. The quantitative estimate of drug-likeness (QED) is 0.766. The van der Waals surface area contributed by atoms with Gasteiger partial charge in [-0.15, -0.1) is 11.3 Å². The molecule has 2 rings (SSSR count). The third kappa shape index (κ3) is 1.40. The maximum Gasteiger partial charge on any atom is 0.338 e. The van der Waals surface area contributed by atoms with Gasteiger partial charge in [-0.05, 0) is 12.1 Å². The predicted molar refractivity (Wildman–Crippen MR) is 56.3 cm³/mol. The molecule has 1 heterocycles. The molecule has 14 heavy (non-hydrogen) atoms. The van der Waals surface area contributed by atoms with Crippen molar-refractivity contribution in [3.05, 3.63) is 35.9 Å². The molecule has 1 aromatic carbocycles. The monoisotopic (exact) mass is 205 g/mol. The van der Waals surface area contributed by atoms with Gasteiger partial charge in [-0.2, -0.15) is 0 Å². The van der Waals surface area contributed by atoms with E-state index < -0.39 is 5.97 Å². The fourth-order valence-electron chi connectivity index (χ4n) is 1.09. The predicted octanol–water partition coefficient (Wildman–Crippen LogP) is 2.39. The number of benzene rings is 1. The lowest BCUT2D eigenvalue weighted by atomic mass is 10.3. The van der Waals surface area contributed by atoms with Gasteiger partial charge in [0.15, 0.2) is 0 Å². The van der Waals surface area contributed by atoms with E-state index in [4.69, 9.17) is 5.11 Å². The summed E-state index contributed by atoms with van der Waals surface area (Å²) in [4.78, 5) is 14.8. The highest BCUT2D eigenvalue weighted by Gasteiger charge is 2.11. The third-order valence-electron chi connectivity index (χ3n) is 1.81. The maximum absolute atomic E-state index is 10.6. The fraction of sp³-hybridized carbons (Fsp3) is 0. The topological polar surface area (TPSA) is 50.2 Å². The largest absolute Gasteiger partial charge is 0.478 e. The van der Waals surface area contributed by atoms with Crippen molar-refractivity contribution in [2.24, 2.45) is 0 Å². The van der Waals surface area contributed by atoms with Crippen LogP contribution in [0.15, 0.2) is 30.8 Å². The Bertz CT molecular complexity index is 483. The lowest BCUT2D eigenvalue weighted by Gasteiger charge is -1.90. The summed E-state index contributed by atoms with van der Waals surface area (Å²) in [7, 11) is 0. The molecule has 70 valence electrons. The van der Waals surface area contributed by atoms with Crippen LogP contribution >= 0.6 is 11.3 Å². The van der Waals surface area contributed by atoms with Crippen LogP contribution in [0, 0.1) is 0 Å².